The molecule has 2 rings (SSSR count). The summed E-state index contributed by atoms with van der Waals surface area (Å²) in [5, 5.41) is 16.4. The fourth-order valence-electron chi connectivity index (χ4n) is 3.17. The number of rotatable bonds is 5. The van der Waals surface area contributed by atoms with Gasteiger partial charge in [0.2, 0.25) is 0 Å². The second-order valence-corrected chi connectivity index (χ2v) is 5.44. The van der Waals surface area contributed by atoms with E-state index in [9.17, 15) is 5.11 Å². The van der Waals surface area contributed by atoms with Gasteiger partial charge in [0.1, 0.15) is 0 Å². The Morgan fingerprint density at radius 1 is 1.00 bits per heavy atom. The molecule has 1 heterocycles. The van der Waals surface area contributed by atoms with Gasteiger partial charge in [-0.2, -0.15) is 0 Å². The first-order valence-electron chi connectivity index (χ1n) is 6.95. The van der Waals surface area contributed by atoms with Crippen molar-refractivity contribution in [2.75, 3.05) is 26.2 Å². The van der Waals surface area contributed by atoms with E-state index in [1.807, 2.05) is 0 Å². The third-order valence-electron chi connectivity index (χ3n) is 4.26. The summed E-state index contributed by atoms with van der Waals surface area (Å²) in [5.74, 6) is 1.26. The van der Waals surface area contributed by atoms with Crippen molar-refractivity contribution in [2.45, 2.75) is 44.6 Å². The van der Waals surface area contributed by atoms with Crippen molar-refractivity contribution >= 4 is 0 Å². The fourth-order valence-corrected chi connectivity index (χ4v) is 3.17. The summed E-state index contributed by atoms with van der Waals surface area (Å²) >= 11 is 0. The molecule has 3 nitrogen and oxygen atoms in total. The Hall–Kier alpha value is -0.120. The Balaban J connectivity index is 1.63. The lowest BCUT2D eigenvalue weighted by Gasteiger charge is -2.30. The highest BCUT2D eigenvalue weighted by Crippen LogP contribution is 2.29. The lowest BCUT2D eigenvalue weighted by Crippen LogP contribution is -2.38. The zero-order chi connectivity index (χ0) is 11.2. The summed E-state index contributed by atoms with van der Waals surface area (Å²) in [6.07, 6.45) is 7.84. The molecular formula is C13H26N2O. The zero-order valence-electron chi connectivity index (χ0n) is 10.3. The minimum Gasteiger partial charge on any atom is -0.396 e. The predicted molar refractivity (Wildman–Crippen MR) is 66.4 cm³/mol. The van der Waals surface area contributed by atoms with Crippen LogP contribution in [0.15, 0.2) is 0 Å². The maximum atomic E-state index is 9.33. The Morgan fingerprint density at radius 2 is 1.81 bits per heavy atom. The summed E-state index contributed by atoms with van der Waals surface area (Å²) in [7, 11) is 0. The van der Waals surface area contributed by atoms with E-state index in [4.69, 9.17) is 0 Å². The van der Waals surface area contributed by atoms with Gasteiger partial charge in [0, 0.05) is 19.2 Å². The number of hydrogen-bond donors (Lipinski definition) is 3. The highest BCUT2D eigenvalue weighted by molar-refractivity contribution is 4.80. The molecule has 1 saturated heterocycles. The van der Waals surface area contributed by atoms with Crippen LogP contribution in [0.4, 0.5) is 0 Å². The number of hydrogen-bond acceptors (Lipinski definition) is 3. The first kappa shape index (κ1) is 12.3. The first-order valence-corrected chi connectivity index (χ1v) is 6.95. The van der Waals surface area contributed by atoms with E-state index in [2.05, 4.69) is 10.6 Å². The average molecular weight is 226 g/mol. The quantitative estimate of drug-likeness (QED) is 0.658. The SMILES string of the molecule is OCC1CCCCC1CNCC1CCCN1. The van der Waals surface area contributed by atoms with Crippen LogP contribution in [0.2, 0.25) is 0 Å². The van der Waals surface area contributed by atoms with Crippen LogP contribution in [0.1, 0.15) is 38.5 Å². The van der Waals surface area contributed by atoms with Gasteiger partial charge in [-0.05, 0) is 50.6 Å². The van der Waals surface area contributed by atoms with Crippen molar-refractivity contribution in [3.63, 3.8) is 0 Å². The summed E-state index contributed by atoms with van der Waals surface area (Å²) in [4.78, 5) is 0. The highest BCUT2D eigenvalue weighted by atomic mass is 16.3. The van der Waals surface area contributed by atoms with Crippen LogP contribution in [0, 0.1) is 11.8 Å². The van der Waals surface area contributed by atoms with Crippen molar-refractivity contribution in [1.29, 1.82) is 0 Å². The Bertz CT molecular complexity index is 192. The van der Waals surface area contributed by atoms with Crippen LogP contribution < -0.4 is 10.6 Å². The van der Waals surface area contributed by atoms with Crippen molar-refractivity contribution in [1.82, 2.24) is 10.6 Å². The van der Waals surface area contributed by atoms with Crippen molar-refractivity contribution in [3.05, 3.63) is 0 Å². The molecule has 0 aromatic heterocycles. The second-order valence-electron chi connectivity index (χ2n) is 5.44. The van der Waals surface area contributed by atoms with Crippen molar-refractivity contribution in [3.8, 4) is 0 Å². The normalized spacial score (nSPS) is 35.4. The molecule has 1 saturated carbocycles. The third kappa shape index (κ3) is 3.44. The maximum absolute atomic E-state index is 9.33. The van der Waals surface area contributed by atoms with Gasteiger partial charge >= 0.3 is 0 Å². The van der Waals surface area contributed by atoms with Crippen LogP contribution >= 0.6 is 0 Å². The standard InChI is InChI=1S/C13H26N2O/c16-10-12-5-2-1-4-11(12)8-14-9-13-6-3-7-15-13/h11-16H,1-10H2. The van der Waals surface area contributed by atoms with E-state index in [1.165, 1.54) is 45.1 Å². The first-order chi connectivity index (χ1) is 7.90. The Morgan fingerprint density at radius 3 is 2.50 bits per heavy atom. The van der Waals surface area contributed by atoms with Crippen molar-refractivity contribution < 1.29 is 5.11 Å². The summed E-state index contributed by atoms with van der Waals surface area (Å²) in [5.41, 5.74) is 0. The molecule has 94 valence electrons. The average Bonchev–Trinajstić information content (AvgIpc) is 2.83. The molecular weight excluding hydrogens is 200 g/mol. The molecule has 0 bridgehead atoms. The molecule has 3 N–H and O–H groups in total. The van der Waals surface area contributed by atoms with Crippen molar-refractivity contribution in [2.24, 2.45) is 11.8 Å². The predicted octanol–water partition coefficient (Wildman–Crippen LogP) is 1.13. The van der Waals surface area contributed by atoms with E-state index in [-0.39, 0.29) is 0 Å². The maximum Gasteiger partial charge on any atom is 0.0462 e. The van der Waals surface area contributed by atoms with Gasteiger partial charge in [0.15, 0.2) is 0 Å². The van der Waals surface area contributed by atoms with Gasteiger partial charge in [0.05, 0.1) is 0 Å². The van der Waals surface area contributed by atoms with E-state index in [0.717, 1.165) is 13.1 Å². The molecule has 0 aromatic carbocycles. The molecule has 2 fully saturated rings. The van der Waals surface area contributed by atoms with Gasteiger partial charge in [-0.15, -0.1) is 0 Å². The van der Waals surface area contributed by atoms with Crippen LogP contribution in [0.5, 0.6) is 0 Å². The van der Waals surface area contributed by atoms with E-state index in [0.29, 0.717) is 24.5 Å². The minimum atomic E-state index is 0.383. The summed E-state index contributed by atoms with van der Waals surface area (Å²) < 4.78 is 0. The molecule has 3 atom stereocenters. The zero-order valence-corrected chi connectivity index (χ0v) is 10.3. The lowest BCUT2D eigenvalue weighted by molar-refractivity contribution is 0.133. The number of aliphatic hydroxyl groups is 1. The Labute approximate surface area is 99.0 Å². The molecule has 1 aliphatic carbocycles. The molecule has 3 heteroatoms. The van der Waals surface area contributed by atoms with Gasteiger partial charge in [-0.25, -0.2) is 0 Å². The molecule has 1 aliphatic heterocycles. The molecule has 16 heavy (non-hydrogen) atoms. The van der Waals surface area contributed by atoms with Gasteiger partial charge in [0.25, 0.3) is 0 Å². The smallest absolute Gasteiger partial charge is 0.0462 e. The number of nitrogens with one attached hydrogen (secondary N) is 2. The van der Waals surface area contributed by atoms with E-state index in [1.54, 1.807) is 0 Å². The second kappa shape index (κ2) is 6.58. The summed E-state index contributed by atoms with van der Waals surface area (Å²) in [6.45, 7) is 3.78. The van der Waals surface area contributed by atoms with Crippen LogP contribution in [-0.4, -0.2) is 37.4 Å². The highest BCUT2D eigenvalue weighted by Gasteiger charge is 2.24. The van der Waals surface area contributed by atoms with Gasteiger partial charge in [-0.1, -0.05) is 12.8 Å². The molecule has 0 amide bonds. The third-order valence-corrected chi connectivity index (χ3v) is 4.26. The van der Waals surface area contributed by atoms with Gasteiger partial charge < -0.3 is 15.7 Å². The molecule has 0 spiro atoms. The molecule has 0 radical (unpaired) electrons. The topological polar surface area (TPSA) is 44.3 Å². The van der Waals surface area contributed by atoms with E-state index < -0.39 is 0 Å². The largest absolute Gasteiger partial charge is 0.396 e. The van der Waals surface area contributed by atoms with Gasteiger partial charge in [-0.3, -0.25) is 0 Å². The van der Waals surface area contributed by atoms with E-state index >= 15 is 0 Å². The fraction of sp³-hybridized carbons (Fsp3) is 1.00. The Kier molecular flexibility index (Phi) is 5.07. The van der Waals surface area contributed by atoms with Crippen LogP contribution in [0.3, 0.4) is 0 Å². The molecule has 0 aromatic rings. The van der Waals surface area contributed by atoms with Crippen LogP contribution in [0.25, 0.3) is 0 Å². The molecule has 2 aliphatic rings. The summed E-state index contributed by atoms with van der Waals surface area (Å²) in [6, 6.07) is 0.691. The van der Waals surface area contributed by atoms with Crippen LogP contribution in [-0.2, 0) is 0 Å². The monoisotopic (exact) mass is 226 g/mol. The number of aliphatic hydroxyl groups excluding tert-OH is 1. The minimum absolute atomic E-state index is 0.383. The lowest BCUT2D eigenvalue weighted by atomic mass is 9.79. The molecule has 3 unspecified atom stereocenters.